The van der Waals surface area contributed by atoms with E-state index in [2.05, 4.69) is 31.9 Å². The van der Waals surface area contributed by atoms with Crippen molar-refractivity contribution in [2.75, 3.05) is 25.1 Å². The summed E-state index contributed by atoms with van der Waals surface area (Å²) in [6.07, 6.45) is 0. The highest BCUT2D eigenvalue weighted by atomic mass is 79.9. The molecule has 1 aliphatic heterocycles. The van der Waals surface area contributed by atoms with E-state index < -0.39 is 10.0 Å². The standard InChI is InChI=1S/C9H11Br2NO3S2/c10-5-7-6-15-3-2-12(7)17(13,14)9-8(11)1-4-16-9/h1,4,7H,2-3,5-6H2. The van der Waals surface area contributed by atoms with Gasteiger partial charge >= 0.3 is 0 Å². The highest BCUT2D eigenvalue weighted by Gasteiger charge is 2.35. The van der Waals surface area contributed by atoms with E-state index >= 15 is 0 Å². The molecule has 0 spiro atoms. The van der Waals surface area contributed by atoms with Gasteiger partial charge in [0.25, 0.3) is 10.0 Å². The topological polar surface area (TPSA) is 46.6 Å². The smallest absolute Gasteiger partial charge is 0.254 e. The summed E-state index contributed by atoms with van der Waals surface area (Å²) in [5.41, 5.74) is 0. The molecule has 1 aliphatic rings. The molecule has 2 rings (SSSR count). The number of sulfonamides is 1. The fourth-order valence-corrected chi connectivity index (χ4v) is 6.40. The SMILES string of the molecule is O=S(=O)(c1sccc1Br)N1CCOCC1CBr. The summed E-state index contributed by atoms with van der Waals surface area (Å²) >= 11 is 7.83. The second kappa shape index (κ2) is 5.66. The molecule has 1 saturated heterocycles. The molecular formula is C9H11Br2NO3S2. The average Bonchev–Trinajstić information content (AvgIpc) is 2.76. The van der Waals surface area contributed by atoms with Gasteiger partial charge in [0.05, 0.1) is 19.3 Å². The molecule has 1 aromatic rings. The van der Waals surface area contributed by atoms with Crippen molar-refractivity contribution in [3.8, 4) is 0 Å². The fourth-order valence-electron chi connectivity index (χ4n) is 1.65. The van der Waals surface area contributed by atoms with Gasteiger partial charge in [-0.05, 0) is 27.4 Å². The number of ether oxygens (including phenoxy) is 1. The lowest BCUT2D eigenvalue weighted by atomic mass is 10.3. The number of hydrogen-bond donors (Lipinski definition) is 0. The molecule has 1 fully saturated rings. The van der Waals surface area contributed by atoms with Crippen LogP contribution in [0.3, 0.4) is 0 Å². The molecule has 0 bridgehead atoms. The minimum Gasteiger partial charge on any atom is -0.378 e. The maximum absolute atomic E-state index is 12.5. The molecule has 96 valence electrons. The zero-order valence-electron chi connectivity index (χ0n) is 8.80. The van der Waals surface area contributed by atoms with E-state index in [0.29, 0.717) is 33.8 Å². The molecule has 0 radical (unpaired) electrons. The first-order valence-electron chi connectivity index (χ1n) is 4.96. The molecule has 8 heteroatoms. The van der Waals surface area contributed by atoms with E-state index in [-0.39, 0.29) is 6.04 Å². The zero-order chi connectivity index (χ0) is 12.5. The first-order chi connectivity index (χ1) is 8.07. The molecule has 0 saturated carbocycles. The lowest BCUT2D eigenvalue weighted by molar-refractivity contribution is 0.0414. The van der Waals surface area contributed by atoms with Crippen LogP contribution >= 0.6 is 43.2 Å². The summed E-state index contributed by atoms with van der Waals surface area (Å²) in [6, 6.07) is 1.61. The van der Waals surface area contributed by atoms with Crippen molar-refractivity contribution in [3.05, 3.63) is 15.9 Å². The quantitative estimate of drug-likeness (QED) is 0.726. The van der Waals surface area contributed by atoms with Crippen molar-refractivity contribution >= 4 is 53.2 Å². The van der Waals surface area contributed by atoms with Crippen LogP contribution in [0.1, 0.15) is 0 Å². The van der Waals surface area contributed by atoms with E-state index in [1.807, 2.05) is 0 Å². The largest absolute Gasteiger partial charge is 0.378 e. The minimum absolute atomic E-state index is 0.136. The van der Waals surface area contributed by atoms with Gasteiger partial charge < -0.3 is 4.74 Å². The van der Waals surface area contributed by atoms with Gasteiger partial charge in [0.15, 0.2) is 0 Å². The summed E-state index contributed by atoms with van der Waals surface area (Å²) in [4.78, 5) is 0. The molecule has 1 unspecified atom stereocenters. The van der Waals surface area contributed by atoms with Gasteiger partial charge in [-0.3, -0.25) is 0 Å². The van der Waals surface area contributed by atoms with Crippen LogP contribution in [0.2, 0.25) is 0 Å². The highest BCUT2D eigenvalue weighted by Crippen LogP contribution is 2.32. The van der Waals surface area contributed by atoms with Crippen LogP contribution in [0, 0.1) is 0 Å². The van der Waals surface area contributed by atoms with E-state index in [0.717, 1.165) is 0 Å². The Morgan fingerprint density at radius 1 is 1.59 bits per heavy atom. The molecule has 17 heavy (non-hydrogen) atoms. The van der Waals surface area contributed by atoms with Crippen LogP contribution in [-0.4, -0.2) is 43.9 Å². The maximum Gasteiger partial charge on any atom is 0.254 e. The molecule has 0 N–H and O–H groups in total. The van der Waals surface area contributed by atoms with Crippen LogP contribution in [-0.2, 0) is 14.8 Å². The Labute approximate surface area is 121 Å². The summed E-state index contributed by atoms with van der Waals surface area (Å²) in [7, 11) is -3.42. The number of nitrogens with zero attached hydrogens (tertiary/aromatic N) is 1. The third-order valence-corrected chi connectivity index (χ3v) is 7.83. The Hall–Kier alpha value is 0.530. The van der Waals surface area contributed by atoms with Gasteiger partial charge in [0.1, 0.15) is 4.21 Å². The van der Waals surface area contributed by atoms with Crippen LogP contribution in [0.5, 0.6) is 0 Å². The molecule has 1 atom stereocenters. The molecule has 0 amide bonds. The zero-order valence-corrected chi connectivity index (χ0v) is 13.6. The Kier molecular flexibility index (Phi) is 4.65. The number of halogens is 2. The average molecular weight is 405 g/mol. The van der Waals surface area contributed by atoms with Crippen molar-refractivity contribution < 1.29 is 13.2 Å². The third kappa shape index (κ3) is 2.76. The molecular weight excluding hydrogens is 394 g/mol. The van der Waals surface area contributed by atoms with Crippen LogP contribution in [0.25, 0.3) is 0 Å². The van der Waals surface area contributed by atoms with Crippen molar-refractivity contribution in [2.24, 2.45) is 0 Å². The van der Waals surface area contributed by atoms with Crippen LogP contribution < -0.4 is 0 Å². The van der Waals surface area contributed by atoms with Crippen molar-refractivity contribution in [2.45, 2.75) is 10.3 Å². The van der Waals surface area contributed by atoms with Gasteiger partial charge in [-0.1, -0.05) is 15.9 Å². The maximum atomic E-state index is 12.5. The lowest BCUT2D eigenvalue weighted by Gasteiger charge is -2.33. The van der Waals surface area contributed by atoms with Gasteiger partial charge in [-0.2, -0.15) is 4.31 Å². The number of rotatable bonds is 3. The predicted octanol–water partition coefficient (Wildman–Crippen LogP) is 2.30. The van der Waals surface area contributed by atoms with Crippen LogP contribution in [0.15, 0.2) is 20.1 Å². The first kappa shape index (κ1) is 14.0. The normalized spacial score (nSPS) is 22.8. The van der Waals surface area contributed by atoms with E-state index in [9.17, 15) is 8.42 Å². The summed E-state index contributed by atoms with van der Waals surface area (Å²) < 4.78 is 32.7. The number of morpholine rings is 1. The Morgan fingerprint density at radius 3 is 2.94 bits per heavy atom. The molecule has 4 nitrogen and oxygen atoms in total. The summed E-state index contributed by atoms with van der Waals surface area (Å²) in [5.74, 6) is 0. The first-order valence-corrected chi connectivity index (χ1v) is 9.19. The number of hydrogen-bond acceptors (Lipinski definition) is 4. The second-order valence-electron chi connectivity index (χ2n) is 3.55. The monoisotopic (exact) mass is 403 g/mol. The van der Waals surface area contributed by atoms with Gasteiger partial charge in [0.2, 0.25) is 0 Å². The Balaban J connectivity index is 2.34. The van der Waals surface area contributed by atoms with E-state index in [4.69, 9.17) is 4.74 Å². The van der Waals surface area contributed by atoms with E-state index in [1.165, 1.54) is 15.6 Å². The Morgan fingerprint density at radius 2 is 2.35 bits per heavy atom. The molecule has 0 aromatic carbocycles. The van der Waals surface area contributed by atoms with Gasteiger partial charge in [-0.25, -0.2) is 8.42 Å². The fraction of sp³-hybridized carbons (Fsp3) is 0.556. The van der Waals surface area contributed by atoms with Crippen molar-refractivity contribution in [1.29, 1.82) is 0 Å². The second-order valence-corrected chi connectivity index (χ2v) is 8.06. The third-order valence-electron chi connectivity index (χ3n) is 2.48. The van der Waals surface area contributed by atoms with Crippen LogP contribution in [0.4, 0.5) is 0 Å². The molecule has 1 aromatic heterocycles. The van der Waals surface area contributed by atoms with E-state index in [1.54, 1.807) is 11.4 Å². The molecule has 0 aliphatic carbocycles. The minimum atomic E-state index is -3.42. The van der Waals surface area contributed by atoms with Gasteiger partial charge in [-0.15, -0.1) is 11.3 Å². The highest BCUT2D eigenvalue weighted by molar-refractivity contribution is 9.10. The summed E-state index contributed by atoms with van der Waals surface area (Å²) in [5, 5.41) is 2.34. The number of alkyl halides is 1. The predicted molar refractivity (Wildman–Crippen MR) is 74.3 cm³/mol. The van der Waals surface area contributed by atoms with Gasteiger partial charge in [0, 0.05) is 16.3 Å². The summed E-state index contributed by atoms with van der Waals surface area (Å²) in [6.45, 7) is 1.29. The lowest BCUT2D eigenvalue weighted by Crippen LogP contribution is -2.49. The van der Waals surface area contributed by atoms with Crippen molar-refractivity contribution in [1.82, 2.24) is 4.31 Å². The Bertz CT molecular complexity index is 488. The molecule has 2 heterocycles. The van der Waals surface area contributed by atoms with Crippen molar-refractivity contribution in [3.63, 3.8) is 0 Å². The number of thiophene rings is 1.